The largest absolute Gasteiger partial charge is 0.484 e. The third kappa shape index (κ3) is 6.63. The molecule has 0 saturated heterocycles. The van der Waals surface area contributed by atoms with Gasteiger partial charge in [-0.3, -0.25) is 4.79 Å². The molecule has 0 aliphatic rings. The van der Waals surface area contributed by atoms with Gasteiger partial charge in [-0.1, -0.05) is 12.1 Å². The second-order valence-corrected chi connectivity index (χ2v) is 6.63. The average molecular weight is 292 g/mol. The van der Waals surface area contributed by atoms with Crippen molar-refractivity contribution < 1.29 is 9.53 Å². The summed E-state index contributed by atoms with van der Waals surface area (Å²) >= 11 is 0. The summed E-state index contributed by atoms with van der Waals surface area (Å²) in [5.41, 5.74) is 1.30. The average Bonchev–Trinajstić information content (AvgIpc) is 2.41. The van der Waals surface area contributed by atoms with Gasteiger partial charge in [-0.2, -0.15) is 0 Å². The van der Waals surface area contributed by atoms with Gasteiger partial charge in [0.05, 0.1) is 0 Å². The molecule has 118 valence electrons. The molecule has 1 amide bonds. The van der Waals surface area contributed by atoms with E-state index in [1.807, 2.05) is 38.1 Å². The fraction of sp³-hybridized carbons (Fsp3) is 0.588. The van der Waals surface area contributed by atoms with Crippen LogP contribution in [0.4, 0.5) is 0 Å². The molecular formula is C17H28N2O2. The van der Waals surface area contributed by atoms with E-state index in [0.29, 0.717) is 0 Å². The molecule has 4 heteroatoms. The first-order chi connectivity index (χ1) is 9.69. The molecule has 0 fully saturated rings. The molecule has 0 atom stereocenters. The summed E-state index contributed by atoms with van der Waals surface area (Å²) in [7, 11) is 1.79. The van der Waals surface area contributed by atoms with Gasteiger partial charge in [-0.25, -0.2) is 0 Å². The van der Waals surface area contributed by atoms with Crippen LogP contribution in [0.2, 0.25) is 0 Å². The maximum Gasteiger partial charge on any atom is 0.260 e. The Morgan fingerprint density at radius 3 is 2.29 bits per heavy atom. The Morgan fingerprint density at radius 2 is 1.81 bits per heavy atom. The lowest BCUT2D eigenvalue weighted by Crippen LogP contribution is -2.36. The monoisotopic (exact) mass is 292 g/mol. The minimum absolute atomic E-state index is 0.0107. The molecule has 0 heterocycles. The minimum Gasteiger partial charge on any atom is -0.484 e. The van der Waals surface area contributed by atoms with Gasteiger partial charge in [0.2, 0.25) is 0 Å². The van der Waals surface area contributed by atoms with Crippen molar-refractivity contribution >= 4 is 5.91 Å². The lowest BCUT2D eigenvalue weighted by molar-refractivity contribution is -0.133. The number of ether oxygens (including phenoxy) is 1. The molecule has 1 aromatic carbocycles. The minimum atomic E-state index is -0.0107. The molecule has 0 spiro atoms. The molecule has 0 aromatic heterocycles. The zero-order valence-electron chi connectivity index (χ0n) is 14.1. The Labute approximate surface area is 128 Å². The summed E-state index contributed by atoms with van der Waals surface area (Å²) in [5, 5.41) is 3.43. The quantitative estimate of drug-likeness (QED) is 0.876. The van der Waals surface area contributed by atoms with Crippen molar-refractivity contribution in [3.63, 3.8) is 0 Å². The van der Waals surface area contributed by atoms with Crippen LogP contribution in [0.25, 0.3) is 0 Å². The predicted molar refractivity (Wildman–Crippen MR) is 86.4 cm³/mol. The Morgan fingerprint density at radius 1 is 1.24 bits per heavy atom. The zero-order chi connectivity index (χ0) is 16.0. The van der Waals surface area contributed by atoms with Crippen LogP contribution < -0.4 is 10.1 Å². The second kappa shape index (κ2) is 7.46. The van der Waals surface area contributed by atoms with Gasteiger partial charge in [0, 0.05) is 25.2 Å². The van der Waals surface area contributed by atoms with Crippen LogP contribution in [0, 0.1) is 0 Å². The summed E-state index contributed by atoms with van der Waals surface area (Å²) in [6.07, 6.45) is 0. The van der Waals surface area contributed by atoms with Crippen molar-refractivity contribution in [3.05, 3.63) is 29.8 Å². The molecule has 0 aliphatic carbocycles. The molecule has 1 rings (SSSR count). The number of rotatable bonds is 6. The number of amides is 1. The van der Waals surface area contributed by atoms with E-state index in [9.17, 15) is 4.79 Å². The van der Waals surface area contributed by atoms with Crippen LogP contribution in [-0.4, -0.2) is 36.0 Å². The van der Waals surface area contributed by atoms with E-state index in [-0.39, 0.29) is 24.1 Å². The number of nitrogens with one attached hydrogen (secondary N) is 1. The van der Waals surface area contributed by atoms with Crippen LogP contribution in [0.3, 0.4) is 0 Å². The lowest BCUT2D eigenvalue weighted by Gasteiger charge is -2.21. The number of benzene rings is 1. The fourth-order valence-corrected chi connectivity index (χ4v) is 1.61. The fourth-order valence-electron chi connectivity index (χ4n) is 1.61. The molecule has 1 N–H and O–H groups in total. The third-order valence-corrected chi connectivity index (χ3v) is 3.28. The number of carbonyl (C=O) groups is 1. The molecule has 0 bridgehead atoms. The van der Waals surface area contributed by atoms with Gasteiger partial charge in [0.25, 0.3) is 5.91 Å². The number of carbonyl (C=O) groups excluding carboxylic acids is 1. The Balaban J connectivity index is 2.46. The highest BCUT2D eigenvalue weighted by Gasteiger charge is 2.12. The molecule has 0 aliphatic heterocycles. The van der Waals surface area contributed by atoms with Crippen LogP contribution in [0.5, 0.6) is 5.75 Å². The van der Waals surface area contributed by atoms with Gasteiger partial charge in [0.1, 0.15) is 5.75 Å². The maximum atomic E-state index is 11.8. The number of likely N-dealkylation sites (N-methyl/N-ethyl adjacent to an activating group) is 1. The normalized spacial score (nSPS) is 11.6. The van der Waals surface area contributed by atoms with Crippen LogP contribution >= 0.6 is 0 Å². The number of nitrogens with zero attached hydrogens (tertiary/aromatic N) is 1. The summed E-state index contributed by atoms with van der Waals surface area (Å²) in [6.45, 7) is 11.3. The summed E-state index contributed by atoms with van der Waals surface area (Å²) < 4.78 is 5.53. The van der Waals surface area contributed by atoms with Crippen LogP contribution in [-0.2, 0) is 11.3 Å². The van der Waals surface area contributed by atoms with Gasteiger partial charge in [0.15, 0.2) is 6.61 Å². The number of hydrogen-bond donors (Lipinski definition) is 1. The van der Waals surface area contributed by atoms with Gasteiger partial charge in [-0.05, 0) is 52.3 Å². The molecule has 4 nitrogen and oxygen atoms in total. The van der Waals surface area contributed by atoms with Crippen molar-refractivity contribution in [2.45, 2.75) is 52.7 Å². The van der Waals surface area contributed by atoms with Crippen molar-refractivity contribution in [1.82, 2.24) is 10.2 Å². The highest BCUT2D eigenvalue weighted by molar-refractivity contribution is 5.77. The van der Waals surface area contributed by atoms with Crippen LogP contribution in [0.15, 0.2) is 24.3 Å². The van der Waals surface area contributed by atoms with E-state index < -0.39 is 0 Å². The Bertz CT molecular complexity index is 447. The first-order valence-electron chi connectivity index (χ1n) is 7.41. The van der Waals surface area contributed by atoms with E-state index in [1.54, 1.807) is 11.9 Å². The van der Waals surface area contributed by atoms with Crippen molar-refractivity contribution in [2.75, 3.05) is 13.7 Å². The number of hydrogen-bond acceptors (Lipinski definition) is 3. The lowest BCUT2D eigenvalue weighted by atomic mass is 10.1. The highest BCUT2D eigenvalue weighted by atomic mass is 16.5. The molecule has 0 radical (unpaired) electrons. The molecular weight excluding hydrogens is 264 g/mol. The van der Waals surface area contributed by atoms with Gasteiger partial charge >= 0.3 is 0 Å². The smallest absolute Gasteiger partial charge is 0.260 e. The van der Waals surface area contributed by atoms with Crippen molar-refractivity contribution in [3.8, 4) is 5.75 Å². The first-order valence-corrected chi connectivity index (χ1v) is 7.41. The summed E-state index contributed by atoms with van der Waals surface area (Å²) in [6, 6.07) is 8.03. The van der Waals surface area contributed by atoms with E-state index in [0.717, 1.165) is 12.3 Å². The van der Waals surface area contributed by atoms with Gasteiger partial charge < -0.3 is 15.0 Å². The summed E-state index contributed by atoms with van der Waals surface area (Å²) in [5.74, 6) is 0.712. The van der Waals surface area contributed by atoms with E-state index in [4.69, 9.17) is 4.74 Å². The molecule has 0 saturated carbocycles. The Kier molecular flexibility index (Phi) is 6.21. The molecule has 0 unspecified atom stereocenters. The third-order valence-electron chi connectivity index (χ3n) is 3.28. The SMILES string of the molecule is CC(C)N(C)C(=O)COc1ccc(CNC(C)(C)C)cc1. The van der Waals surface area contributed by atoms with Crippen molar-refractivity contribution in [2.24, 2.45) is 0 Å². The van der Waals surface area contributed by atoms with E-state index in [1.165, 1.54) is 5.56 Å². The zero-order valence-corrected chi connectivity index (χ0v) is 14.1. The predicted octanol–water partition coefficient (Wildman–Crippen LogP) is 2.82. The standard InChI is InChI=1S/C17H28N2O2/c1-13(2)19(6)16(20)12-21-15-9-7-14(8-10-15)11-18-17(3,4)5/h7-10,13,18H,11-12H2,1-6H3. The highest BCUT2D eigenvalue weighted by Crippen LogP contribution is 2.13. The van der Waals surface area contributed by atoms with E-state index in [2.05, 4.69) is 26.1 Å². The van der Waals surface area contributed by atoms with Crippen molar-refractivity contribution in [1.29, 1.82) is 0 Å². The van der Waals surface area contributed by atoms with E-state index >= 15 is 0 Å². The first kappa shape index (κ1) is 17.5. The van der Waals surface area contributed by atoms with Gasteiger partial charge in [-0.15, -0.1) is 0 Å². The summed E-state index contributed by atoms with van der Waals surface area (Å²) in [4.78, 5) is 13.5. The molecule has 21 heavy (non-hydrogen) atoms. The topological polar surface area (TPSA) is 41.6 Å². The van der Waals surface area contributed by atoms with Crippen LogP contribution in [0.1, 0.15) is 40.2 Å². The second-order valence-electron chi connectivity index (χ2n) is 6.63. The maximum absolute atomic E-state index is 11.8. The molecule has 1 aromatic rings. The Hall–Kier alpha value is -1.55.